The van der Waals surface area contributed by atoms with Gasteiger partial charge in [-0.1, -0.05) is 127 Å². The molecule has 0 spiro atoms. The van der Waals surface area contributed by atoms with Crippen LogP contribution < -0.4 is 4.90 Å². The minimum atomic E-state index is 0.866. The lowest BCUT2D eigenvalue weighted by Gasteiger charge is -2.28. The zero-order chi connectivity index (χ0) is 40.7. The van der Waals surface area contributed by atoms with Crippen molar-refractivity contribution >= 4 is 93.7 Å². The molecule has 3 heterocycles. The van der Waals surface area contributed by atoms with Gasteiger partial charge in [-0.25, -0.2) is 0 Å². The topological polar surface area (TPSA) is 42.7 Å². The van der Waals surface area contributed by atoms with Crippen molar-refractivity contribution in [1.29, 1.82) is 0 Å². The zero-order valence-corrected chi connectivity index (χ0v) is 33.4. The van der Waals surface area contributed by atoms with Crippen molar-refractivity contribution in [2.45, 2.75) is 0 Å². The van der Waals surface area contributed by atoms with Gasteiger partial charge in [-0.15, -0.1) is 0 Å². The van der Waals surface area contributed by atoms with Gasteiger partial charge in [-0.2, -0.15) is 0 Å². The molecular formula is C58H35NO3. The molecule has 62 heavy (non-hydrogen) atoms. The van der Waals surface area contributed by atoms with Crippen molar-refractivity contribution in [1.82, 2.24) is 0 Å². The number of anilines is 3. The fourth-order valence-corrected chi connectivity index (χ4v) is 9.48. The average molecular weight is 794 g/mol. The molecule has 4 nitrogen and oxygen atoms in total. The molecule has 0 aliphatic rings. The molecule has 3 aromatic heterocycles. The van der Waals surface area contributed by atoms with E-state index in [-0.39, 0.29) is 0 Å². The van der Waals surface area contributed by atoms with Crippen LogP contribution in [-0.4, -0.2) is 0 Å². The Hall–Kier alpha value is -8.34. The number of furan rings is 3. The highest BCUT2D eigenvalue weighted by atomic mass is 16.3. The lowest BCUT2D eigenvalue weighted by Crippen LogP contribution is -2.11. The van der Waals surface area contributed by atoms with E-state index in [2.05, 4.69) is 193 Å². The number of rotatable bonds is 6. The van der Waals surface area contributed by atoms with Gasteiger partial charge in [0.1, 0.15) is 33.5 Å². The van der Waals surface area contributed by atoms with Gasteiger partial charge in [0.15, 0.2) is 0 Å². The maximum Gasteiger partial charge on any atom is 0.136 e. The van der Waals surface area contributed by atoms with Crippen LogP contribution in [0.2, 0.25) is 0 Å². The third-order valence-corrected chi connectivity index (χ3v) is 12.5. The summed E-state index contributed by atoms with van der Waals surface area (Å²) in [5.74, 6) is 0. The first-order valence-corrected chi connectivity index (χ1v) is 21.0. The van der Waals surface area contributed by atoms with E-state index in [1.165, 1.54) is 5.39 Å². The van der Waals surface area contributed by atoms with Crippen LogP contribution in [0, 0.1) is 0 Å². The summed E-state index contributed by atoms with van der Waals surface area (Å²) >= 11 is 0. The first kappa shape index (κ1) is 34.5. The molecule has 4 heteroatoms. The predicted octanol–water partition coefficient (Wildman–Crippen LogP) is 17.0. The number of fused-ring (bicyclic) bond motifs is 10. The Bertz CT molecular complexity index is 3710. The smallest absolute Gasteiger partial charge is 0.136 e. The molecule has 0 aliphatic carbocycles. The third kappa shape index (κ3) is 5.47. The fourth-order valence-electron chi connectivity index (χ4n) is 9.48. The van der Waals surface area contributed by atoms with Gasteiger partial charge in [-0.05, 0) is 124 Å². The Balaban J connectivity index is 0.953. The summed E-state index contributed by atoms with van der Waals surface area (Å²) < 4.78 is 19.1. The molecule has 0 radical (unpaired) electrons. The molecule has 0 unspecified atom stereocenters. The zero-order valence-electron chi connectivity index (χ0n) is 33.4. The standard InChI is InChI=1S/C58H35NO3/c1-2-11-39-33-57-50(32-38(39)10-1)58-49(15-9-19-54(58)62-57)44-12-3-6-16-51(44)59(42-26-20-36(21-27-42)40-24-30-47-45-13-4-7-17-52(45)60-55(47)34-40)43-28-22-37(23-29-43)41-25-31-48-46-14-5-8-18-53(46)61-56(48)35-41/h1-35H. The molecule has 13 rings (SSSR count). The highest BCUT2D eigenvalue weighted by Gasteiger charge is 2.21. The normalized spacial score (nSPS) is 11.9. The van der Waals surface area contributed by atoms with Crippen molar-refractivity contribution in [2.75, 3.05) is 4.90 Å². The molecule has 10 aromatic carbocycles. The summed E-state index contributed by atoms with van der Waals surface area (Å²) in [5, 5.41) is 9.07. The van der Waals surface area contributed by atoms with Crippen LogP contribution >= 0.6 is 0 Å². The summed E-state index contributed by atoms with van der Waals surface area (Å²) in [5.41, 5.74) is 15.1. The summed E-state index contributed by atoms with van der Waals surface area (Å²) in [6.45, 7) is 0. The summed E-state index contributed by atoms with van der Waals surface area (Å²) in [6.07, 6.45) is 0. The van der Waals surface area contributed by atoms with Gasteiger partial charge in [0, 0.05) is 49.3 Å². The highest BCUT2D eigenvalue weighted by Crippen LogP contribution is 2.46. The van der Waals surface area contributed by atoms with E-state index in [4.69, 9.17) is 13.3 Å². The SMILES string of the molecule is c1ccc(N(c2ccc(-c3ccc4c(c3)oc3ccccc34)cc2)c2ccc(-c3ccc4c(c3)oc3ccccc34)cc2)c(-c2cccc3oc4cc5ccccc5cc4c23)c1. The van der Waals surface area contributed by atoms with Gasteiger partial charge in [0.05, 0.1) is 5.69 Å². The minimum absolute atomic E-state index is 0.866. The highest BCUT2D eigenvalue weighted by molar-refractivity contribution is 6.17. The number of hydrogen-bond acceptors (Lipinski definition) is 4. The maximum atomic E-state index is 6.56. The first-order chi connectivity index (χ1) is 30.7. The van der Waals surface area contributed by atoms with E-state index in [1.807, 2.05) is 24.3 Å². The predicted molar refractivity (Wildman–Crippen MR) is 257 cm³/mol. The van der Waals surface area contributed by atoms with Crippen molar-refractivity contribution in [2.24, 2.45) is 0 Å². The van der Waals surface area contributed by atoms with Crippen LogP contribution in [0.25, 0.3) is 110 Å². The van der Waals surface area contributed by atoms with Gasteiger partial charge >= 0.3 is 0 Å². The first-order valence-electron chi connectivity index (χ1n) is 21.0. The van der Waals surface area contributed by atoms with E-state index >= 15 is 0 Å². The number of para-hydroxylation sites is 3. The van der Waals surface area contributed by atoms with Gasteiger partial charge in [-0.3, -0.25) is 0 Å². The minimum Gasteiger partial charge on any atom is -0.456 e. The van der Waals surface area contributed by atoms with Crippen LogP contribution in [0.3, 0.4) is 0 Å². The van der Waals surface area contributed by atoms with E-state index in [0.29, 0.717) is 0 Å². The van der Waals surface area contributed by atoms with Crippen molar-refractivity contribution < 1.29 is 13.3 Å². The van der Waals surface area contributed by atoms with Gasteiger partial charge in [0.25, 0.3) is 0 Å². The molecular weight excluding hydrogens is 759 g/mol. The van der Waals surface area contributed by atoms with Crippen molar-refractivity contribution in [3.8, 4) is 33.4 Å². The Morgan fingerprint density at radius 3 is 1.35 bits per heavy atom. The van der Waals surface area contributed by atoms with Crippen LogP contribution in [0.5, 0.6) is 0 Å². The van der Waals surface area contributed by atoms with Gasteiger partial charge < -0.3 is 18.2 Å². The second-order valence-electron chi connectivity index (χ2n) is 16.0. The Morgan fingerprint density at radius 1 is 0.274 bits per heavy atom. The van der Waals surface area contributed by atoms with Crippen LogP contribution in [0.1, 0.15) is 0 Å². The summed E-state index contributed by atoms with van der Waals surface area (Å²) in [6, 6.07) is 75.2. The molecule has 0 amide bonds. The summed E-state index contributed by atoms with van der Waals surface area (Å²) in [4.78, 5) is 2.37. The quantitative estimate of drug-likeness (QED) is 0.168. The Morgan fingerprint density at radius 2 is 0.726 bits per heavy atom. The number of nitrogens with zero attached hydrogens (tertiary/aromatic N) is 1. The Labute approximate surface area is 356 Å². The van der Waals surface area contributed by atoms with E-state index in [9.17, 15) is 0 Å². The monoisotopic (exact) mass is 793 g/mol. The molecule has 0 aliphatic heterocycles. The van der Waals surface area contributed by atoms with E-state index < -0.39 is 0 Å². The van der Waals surface area contributed by atoms with Crippen molar-refractivity contribution in [3.05, 3.63) is 212 Å². The molecule has 0 N–H and O–H groups in total. The Kier molecular flexibility index (Phi) is 7.57. The average Bonchev–Trinajstić information content (AvgIpc) is 4.02. The molecule has 0 bridgehead atoms. The molecule has 13 aromatic rings. The molecule has 0 saturated carbocycles. The molecule has 0 atom stereocenters. The van der Waals surface area contributed by atoms with Gasteiger partial charge in [0.2, 0.25) is 0 Å². The van der Waals surface area contributed by atoms with Crippen molar-refractivity contribution in [3.63, 3.8) is 0 Å². The van der Waals surface area contributed by atoms with E-state index in [1.54, 1.807) is 0 Å². The van der Waals surface area contributed by atoms with Crippen LogP contribution in [0.15, 0.2) is 226 Å². The lowest BCUT2D eigenvalue weighted by atomic mass is 9.96. The second kappa shape index (κ2) is 13.6. The number of benzene rings is 10. The largest absolute Gasteiger partial charge is 0.456 e. The molecule has 0 saturated heterocycles. The fraction of sp³-hybridized carbons (Fsp3) is 0. The van der Waals surface area contributed by atoms with Crippen LogP contribution in [-0.2, 0) is 0 Å². The third-order valence-electron chi connectivity index (χ3n) is 12.5. The van der Waals surface area contributed by atoms with Crippen LogP contribution in [0.4, 0.5) is 17.1 Å². The second-order valence-corrected chi connectivity index (χ2v) is 16.0. The van der Waals surface area contributed by atoms with E-state index in [0.717, 1.165) is 122 Å². The number of hydrogen-bond donors (Lipinski definition) is 0. The molecule has 0 fully saturated rings. The lowest BCUT2D eigenvalue weighted by molar-refractivity contribution is 0.668. The molecule has 290 valence electrons. The maximum absolute atomic E-state index is 6.56. The summed E-state index contributed by atoms with van der Waals surface area (Å²) in [7, 11) is 0.